The molecule has 0 unspecified atom stereocenters. The van der Waals surface area contributed by atoms with Crippen molar-refractivity contribution in [1.29, 1.82) is 0 Å². The second kappa shape index (κ2) is 6.76. The van der Waals surface area contributed by atoms with E-state index < -0.39 is 5.91 Å². The van der Waals surface area contributed by atoms with E-state index in [0.717, 1.165) is 32.5 Å². The van der Waals surface area contributed by atoms with Crippen LogP contribution in [-0.2, 0) is 11.2 Å². The first-order valence-electron chi connectivity index (χ1n) is 6.99. The van der Waals surface area contributed by atoms with Crippen LogP contribution in [0.2, 0.25) is 0 Å². The van der Waals surface area contributed by atoms with Gasteiger partial charge in [0, 0.05) is 17.0 Å². The average Bonchev–Trinajstić information content (AvgIpc) is 2.95. The number of carbonyl (C=O) groups excluding carboxylic acids is 1. The molecule has 6 heteroatoms. The van der Waals surface area contributed by atoms with Gasteiger partial charge >= 0.3 is 0 Å². The predicted octanol–water partition coefficient (Wildman–Crippen LogP) is 3.43. The summed E-state index contributed by atoms with van der Waals surface area (Å²) in [6, 6.07) is 13.7. The zero-order valence-electron chi connectivity index (χ0n) is 12.1. The van der Waals surface area contributed by atoms with Crippen molar-refractivity contribution in [3.8, 4) is 0 Å². The highest BCUT2D eigenvalue weighted by atomic mass is 79.9. The highest BCUT2D eigenvalue weighted by Crippen LogP contribution is 2.19. The molecule has 5 nitrogen and oxygen atoms in total. The molecule has 0 radical (unpaired) electrons. The number of hydrogen-bond donors (Lipinski definition) is 3. The van der Waals surface area contributed by atoms with Crippen LogP contribution in [0.1, 0.15) is 17.0 Å². The van der Waals surface area contributed by atoms with Gasteiger partial charge in [0.2, 0.25) is 0 Å². The quantitative estimate of drug-likeness (QED) is 0.373. The van der Waals surface area contributed by atoms with E-state index in [1.165, 1.54) is 6.08 Å². The van der Waals surface area contributed by atoms with Crippen molar-refractivity contribution in [1.82, 2.24) is 15.4 Å². The topological polar surface area (TPSA) is 78.0 Å². The molecule has 3 aromatic rings. The van der Waals surface area contributed by atoms with Gasteiger partial charge in [0.15, 0.2) is 0 Å². The molecule has 0 aliphatic carbocycles. The second-order valence-corrected chi connectivity index (χ2v) is 5.99. The Labute approximate surface area is 141 Å². The minimum absolute atomic E-state index is 0.553. The summed E-state index contributed by atoms with van der Waals surface area (Å²) in [6.07, 6.45) is 3.60. The Morgan fingerprint density at radius 2 is 2.04 bits per heavy atom. The van der Waals surface area contributed by atoms with Gasteiger partial charge in [-0.15, -0.1) is 0 Å². The minimum atomic E-state index is -0.553. The number of H-pyrrole nitrogens is 1. The highest BCUT2D eigenvalue weighted by molar-refractivity contribution is 9.10. The van der Waals surface area contributed by atoms with Crippen molar-refractivity contribution >= 4 is 38.9 Å². The van der Waals surface area contributed by atoms with Crippen LogP contribution in [0.4, 0.5) is 0 Å². The molecule has 0 spiro atoms. The van der Waals surface area contributed by atoms with Crippen LogP contribution in [-0.4, -0.2) is 21.1 Å². The number of halogens is 1. The largest absolute Gasteiger partial charge is 0.342 e. The Morgan fingerprint density at radius 3 is 2.78 bits per heavy atom. The number of amides is 1. The van der Waals surface area contributed by atoms with Crippen molar-refractivity contribution < 1.29 is 10.0 Å². The summed E-state index contributed by atoms with van der Waals surface area (Å²) in [4.78, 5) is 18.8. The smallest absolute Gasteiger partial charge is 0.267 e. The molecule has 0 bridgehead atoms. The zero-order chi connectivity index (χ0) is 16.2. The molecule has 0 atom stereocenters. The highest BCUT2D eigenvalue weighted by Gasteiger charge is 2.04. The Hall–Kier alpha value is -2.44. The van der Waals surface area contributed by atoms with Crippen LogP contribution in [0.25, 0.3) is 17.1 Å². The van der Waals surface area contributed by atoms with E-state index in [0.29, 0.717) is 6.42 Å². The van der Waals surface area contributed by atoms with Crippen molar-refractivity contribution in [2.45, 2.75) is 6.42 Å². The molecule has 116 valence electrons. The Kier molecular flexibility index (Phi) is 4.55. The molecule has 1 heterocycles. The molecule has 3 N–H and O–H groups in total. The summed E-state index contributed by atoms with van der Waals surface area (Å²) in [5.41, 5.74) is 5.50. The molecule has 0 saturated carbocycles. The Bertz CT molecular complexity index is 869. The van der Waals surface area contributed by atoms with Crippen molar-refractivity contribution in [3.05, 3.63) is 70.0 Å². The molecule has 1 amide bonds. The van der Waals surface area contributed by atoms with Crippen LogP contribution in [0.15, 0.2) is 53.0 Å². The van der Waals surface area contributed by atoms with E-state index in [1.807, 2.05) is 42.5 Å². The first-order valence-corrected chi connectivity index (χ1v) is 7.78. The van der Waals surface area contributed by atoms with Gasteiger partial charge in [-0.25, -0.2) is 10.5 Å². The summed E-state index contributed by atoms with van der Waals surface area (Å²) in [6.45, 7) is 0. The summed E-state index contributed by atoms with van der Waals surface area (Å²) >= 11 is 3.45. The standard InChI is InChI=1S/C17H14BrN3O2/c18-13-6-7-14-15(10-13)20-16(19-14)9-12-3-1-11(2-4-12)5-8-17(22)21-23/h1-8,10,23H,9H2,(H,19,20)(H,21,22). The molecule has 23 heavy (non-hydrogen) atoms. The fraction of sp³-hybridized carbons (Fsp3) is 0.0588. The second-order valence-electron chi connectivity index (χ2n) is 5.07. The van der Waals surface area contributed by atoms with E-state index in [9.17, 15) is 4.79 Å². The number of nitrogens with one attached hydrogen (secondary N) is 2. The lowest BCUT2D eigenvalue weighted by Crippen LogP contribution is -2.14. The molecular weight excluding hydrogens is 358 g/mol. The van der Waals surface area contributed by atoms with Crippen LogP contribution in [0, 0.1) is 0 Å². The Balaban J connectivity index is 1.74. The molecule has 0 aliphatic heterocycles. The number of aromatic amines is 1. The summed E-state index contributed by atoms with van der Waals surface area (Å²) in [7, 11) is 0. The number of fused-ring (bicyclic) bond motifs is 1. The third-order valence-corrected chi connectivity index (χ3v) is 3.87. The normalized spacial score (nSPS) is 11.2. The number of nitrogens with zero attached hydrogens (tertiary/aromatic N) is 1. The van der Waals surface area contributed by atoms with Gasteiger partial charge in [0.1, 0.15) is 5.82 Å². The maximum atomic E-state index is 10.9. The van der Waals surface area contributed by atoms with Gasteiger partial charge < -0.3 is 4.98 Å². The van der Waals surface area contributed by atoms with E-state index in [-0.39, 0.29) is 0 Å². The van der Waals surface area contributed by atoms with Gasteiger partial charge in [0.05, 0.1) is 11.0 Å². The SMILES string of the molecule is O=C(C=Cc1ccc(Cc2nc3ccc(Br)cc3[nH]2)cc1)NO. The van der Waals surface area contributed by atoms with Gasteiger partial charge in [-0.3, -0.25) is 10.0 Å². The molecule has 0 saturated heterocycles. The number of benzene rings is 2. The van der Waals surface area contributed by atoms with E-state index in [2.05, 4.69) is 25.9 Å². The lowest BCUT2D eigenvalue weighted by atomic mass is 10.1. The minimum Gasteiger partial charge on any atom is -0.342 e. The van der Waals surface area contributed by atoms with E-state index in [1.54, 1.807) is 11.6 Å². The number of hydroxylamine groups is 1. The fourth-order valence-corrected chi connectivity index (χ4v) is 2.63. The van der Waals surface area contributed by atoms with Gasteiger partial charge in [0.25, 0.3) is 5.91 Å². The number of imidazole rings is 1. The first kappa shape index (κ1) is 15.5. The summed E-state index contributed by atoms with van der Waals surface area (Å²) in [5.74, 6) is 0.351. The average molecular weight is 372 g/mol. The number of carbonyl (C=O) groups is 1. The summed E-state index contributed by atoms with van der Waals surface area (Å²) in [5, 5.41) is 8.43. The monoisotopic (exact) mass is 371 g/mol. The van der Waals surface area contributed by atoms with E-state index >= 15 is 0 Å². The molecular formula is C17H14BrN3O2. The zero-order valence-corrected chi connectivity index (χ0v) is 13.7. The van der Waals surface area contributed by atoms with Crippen LogP contribution in [0.3, 0.4) is 0 Å². The van der Waals surface area contributed by atoms with Crippen molar-refractivity contribution in [2.24, 2.45) is 0 Å². The Morgan fingerprint density at radius 1 is 1.26 bits per heavy atom. The van der Waals surface area contributed by atoms with Gasteiger partial charge in [-0.05, 0) is 35.4 Å². The molecule has 2 aromatic carbocycles. The molecule has 3 rings (SSSR count). The fourth-order valence-electron chi connectivity index (χ4n) is 2.27. The lowest BCUT2D eigenvalue weighted by molar-refractivity contribution is -0.124. The lowest BCUT2D eigenvalue weighted by Gasteiger charge is -1.99. The van der Waals surface area contributed by atoms with Crippen molar-refractivity contribution in [2.75, 3.05) is 0 Å². The summed E-state index contributed by atoms with van der Waals surface area (Å²) < 4.78 is 1.02. The van der Waals surface area contributed by atoms with Gasteiger partial charge in [-0.1, -0.05) is 40.2 Å². The number of rotatable bonds is 4. The predicted molar refractivity (Wildman–Crippen MR) is 92.0 cm³/mol. The molecule has 0 aliphatic rings. The third kappa shape index (κ3) is 3.85. The number of aromatic nitrogens is 2. The van der Waals surface area contributed by atoms with Crippen LogP contribution in [0.5, 0.6) is 0 Å². The third-order valence-electron chi connectivity index (χ3n) is 3.38. The maximum absolute atomic E-state index is 10.9. The molecule has 1 aromatic heterocycles. The number of hydrogen-bond acceptors (Lipinski definition) is 3. The molecule has 0 fully saturated rings. The van der Waals surface area contributed by atoms with Crippen LogP contribution >= 0.6 is 15.9 Å². The van der Waals surface area contributed by atoms with Gasteiger partial charge in [-0.2, -0.15) is 0 Å². The van der Waals surface area contributed by atoms with Crippen LogP contribution < -0.4 is 5.48 Å². The van der Waals surface area contributed by atoms with Crippen molar-refractivity contribution in [3.63, 3.8) is 0 Å². The van der Waals surface area contributed by atoms with E-state index in [4.69, 9.17) is 5.21 Å². The maximum Gasteiger partial charge on any atom is 0.267 e. The first-order chi connectivity index (χ1) is 11.1.